The van der Waals surface area contributed by atoms with E-state index in [9.17, 15) is 0 Å². The number of ether oxygens (including phenoxy) is 3. The Hall–Kier alpha value is -2.54. The molecule has 0 atom stereocenters. The molecule has 124 valence electrons. The highest BCUT2D eigenvalue weighted by molar-refractivity contribution is 5.66. The number of nitrogens with zero attached hydrogens (tertiary/aromatic N) is 2. The van der Waals surface area contributed by atoms with Crippen LogP contribution in [0.1, 0.15) is 6.42 Å². The van der Waals surface area contributed by atoms with Gasteiger partial charge in [-0.05, 0) is 18.6 Å². The second-order valence-corrected chi connectivity index (χ2v) is 4.75. The molecule has 0 saturated carbocycles. The van der Waals surface area contributed by atoms with E-state index in [1.165, 1.54) is 6.33 Å². The van der Waals surface area contributed by atoms with Crippen LogP contribution in [0.25, 0.3) is 0 Å². The van der Waals surface area contributed by atoms with Gasteiger partial charge in [0.1, 0.15) is 29.5 Å². The molecule has 2 N–H and O–H groups in total. The van der Waals surface area contributed by atoms with Gasteiger partial charge < -0.3 is 24.8 Å². The Morgan fingerprint density at radius 2 is 1.83 bits per heavy atom. The number of nitrogens with one attached hydrogen (secondary N) is 2. The summed E-state index contributed by atoms with van der Waals surface area (Å²) in [5, 5.41) is 6.45. The zero-order chi connectivity index (χ0) is 16.5. The summed E-state index contributed by atoms with van der Waals surface area (Å²) in [6.07, 6.45) is 2.42. The highest BCUT2D eigenvalue weighted by Gasteiger charge is 2.06. The van der Waals surface area contributed by atoms with Crippen LogP contribution in [0.5, 0.6) is 11.5 Å². The summed E-state index contributed by atoms with van der Waals surface area (Å²) in [6, 6.07) is 7.39. The van der Waals surface area contributed by atoms with E-state index in [4.69, 9.17) is 14.2 Å². The lowest BCUT2D eigenvalue weighted by Gasteiger charge is -2.12. The quantitative estimate of drug-likeness (QED) is 0.688. The van der Waals surface area contributed by atoms with E-state index < -0.39 is 0 Å². The topological polar surface area (TPSA) is 77.5 Å². The van der Waals surface area contributed by atoms with Gasteiger partial charge >= 0.3 is 0 Å². The third kappa shape index (κ3) is 5.00. The largest absolute Gasteiger partial charge is 0.497 e. The van der Waals surface area contributed by atoms with Gasteiger partial charge in [0.25, 0.3) is 0 Å². The number of benzene rings is 1. The molecule has 0 fully saturated rings. The monoisotopic (exact) mass is 318 g/mol. The lowest BCUT2D eigenvalue weighted by molar-refractivity contribution is 0.198. The predicted molar refractivity (Wildman–Crippen MR) is 89.8 cm³/mol. The van der Waals surface area contributed by atoms with E-state index in [1.807, 2.05) is 24.3 Å². The normalized spacial score (nSPS) is 10.2. The maximum Gasteiger partial charge on any atom is 0.146 e. The zero-order valence-electron chi connectivity index (χ0n) is 13.6. The molecule has 7 heteroatoms. The summed E-state index contributed by atoms with van der Waals surface area (Å²) in [5.74, 6) is 2.84. The van der Waals surface area contributed by atoms with Gasteiger partial charge in [-0.3, -0.25) is 0 Å². The summed E-state index contributed by atoms with van der Waals surface area (Å²) < 4.78 is 15.6. The molecule has 0 unspecified atom stereocenters. The van der Waals surface area contributed by atoms with Crippen LogP contribution in [0.15, 0.2) is 30.6 Å². The second kappa shape index (κ2) is 8.79. The molecule has 0 bridgehead atoms. The lowest BCUT2D eigenvalue weighted by Crippen LogP contribution is -2.07. The van der Waals surface area contributed by atoms with Crippen molar-refractivity contribution in [1.82, 2.24) is 9.97 Å². The van der Waals surface area contributed by atoms with Crippen molar-refractivity contribution in [2.75, 3.05) is 45.1 Å². The molecule has 0 saturated heterocycles. The Morgan fingerprint density at radius 3 is 2.57 bits per heavy atom. The van der Waals surface area contributed by atoms with Crippen LogP contribution in [0.4, 0.5) is 17.3 Å². The number of hydrogen-bond acceptors (Lipinski definition) is 7. The summed E-state index contributed by atoms with van der Waals surface area (Å²) in [7, 11) is 4.92. The Labute approximate surface area is 136 Å². The summed E-state index contributed by atoms with van der Waals surface area (Å²) in [5.41, 5.74) is 0.803. The minimum atomic E-state index is 0.678. The molecule has 23 heavy (non-hydrogen) atoms. The van der Waals surface area contributed by atoms with Gasteiger partial charge in [0, 0.05) is 32.4 Å². The van der Waals surface area contributed by atoms with Gasteiger partial charge in [0.05, 0.1) is 19.9 Å². The zero-order valence-corrected chi connectivity index (χ0v) is 13.6. The van der Waals surface area contributed by atoms with Gasteiger partial charge in [-0.25, -0.2) is 9.97 Å². The van der Waals surface area contributed by atoms with E-state index in [1.54, 1.807) is 21.3 Å². The Morgan fingerprint density at radius 1 is 1.00 bits per heavy atom. The second-order valence-electron chi connectivity index (χ2n) is 4.75. The Bertz CT molecular complexity index is 622. The van der Waals surface area contributed by atoms with E-state index in [-0.39, 0.29) is 0 Å². The first kappa shape index (κ1) is 16.8. The minimum absolute atomic E-state index is 0.678. The number of rotatable bonds is 9. The van der Waals surface area contributed by atoms with Gasteiger partial charge in [-0.1, -0.05) is 0 Å². The third-order valence-electron chi connectivity index (χ3n) is 3.17. The Balaban J connectivity index is 2.05. The molecule has 0 amide bonds. The van der Waals surface area contributed by atoms with Crippen molar-refractivity contribution in [2.45, 2.75) is 6.42 Å². The van der Waals surface area contributed by atoms with E-state index in [2.05, 4.69) is 20.6 Å². The van der Waals surface area contributed by atoms with Crippen LogP contribution in [-0.2, 0) is 4.74 Å². The van der Waals surface area contributed by atoms with Crippen LogP contribution in [0, 0.1) is 0 Å². The Kier molecular flexibility index (Phi) is 6.43. The maximum absolute atomic E-state index is 5.37. The minimum Gasteiger partial charge on any atom is -0.497 e. The first-order chi connectivity index (χ1) is 11.3. The van der Waals surface area contributed by atoms with Gasteiger partial charge in [-0.2, -0.15) is 0 Å². The number of methoxy groups -OCH3 is 3. The number of anilines is 3. The van der Waals surface area contributed by atoms with Crippen molar-refractivity contribution < 1.29 is 14.2 Å². The van der Waals surface area contributed by atoms with Crippen molar-refractivity contribution in [1.29, 1.82) is 0 Å². The van der Waals surface area contributed by atoms with Crippen molar-refractivity contribution in [3.63, 3.8) is 0 Å². The van der Waals surface area contributed by atoms with Crippen LogP contribution in [0.3, 0.4) is 0 Å². The van der Waals surface area contributed by atoms with Gasteiger partial charge in [0.2, 0.25) is 0 Å². The van der Waals surface area contributed by atoms with Crippen LogP contribution >= 0.6 is 0 Å². The van der Waals surface area contributed by atoms with Crippen LogP contribution in [0.2, 0.25) is 0 Å². The smallest absolute Gasteiger partial charge is 0.146 e. The fraction of sp³-hybridized carbons (Fsp3) is 0.375. The van der Waals surface area contributed by atoms with Crippen molar-refractivity contribution in [2.24, 2.45) is 0 Å². The molecule has 1 aromatic heterocycles. The molecule has 0 aliphatic carbocycles. The van der Waals surface area contributed by atoms with Crippen LogP contribution in [-0.4, -0.2) is 44.4 Å². The predicted octanol–water partition coefficient (Wildman–Crippen LogP) is 2.69. The lowest BCUT2D eigenvalue weighted by atomic mass is 10.2. The van der Waals surface area contributed by atoms with Crippen molar-refractivity contribution >= 4 is 17.3 Å². The third-order valence-corrected chi connectivity index (χ3v) is 3.17. The number of hydrogen-bond donors (Lipinski definition) is 2. The van der Waals surface area contributed by atoms with Crippen molar-refractivity contribution in [3.05, 3.63) is 30.6 Å². The first-order valence-corrected chi connectivity index (χ1v) is 7.30. The molecule has 2 aromatic rings. The highest BCUT2D eigenvalue weighted by Crippen LogP contribution is 2.31. The van der Waals surface area contributed by atoms with E-state index >= 15 is 0 Å². The molecule has 2 rings (SSSR count). The molecule has 0 aliphatic rings. The fourth-order valence-corrected chi connectivity index (χ4v) is 2.00. The summed E-state index contributed by atoms with van der Waals surface area (Å²) in [6.45, 7) is 1.50. The van der Waals surface area contributed by atoms with Crippen molar-refractivity contribution in [3.8, 4) is 11.5 Å². The first-order valence-electron chi connectivity index (χ1n) is 7.30. The van der Waals surface area contributed by atoms with E-state index in [0.717, 1.165) is 30.2 Å². The van der Waals surface area contributed by atoms with Gasteiger partial charge in [-0.15, -0.1) is 0 Å². The van der Waals surface area contributed by atoms with Crippen LogP contribution < -0.4 is 20.1 Å². The average Bonchev–Trinajstić information content (AvgIpc) is 2.59. The number of aromatic nitrogens is 2. The van der Waals surface area contributed by atoms with E-state index in [0.29, 0.717) is 18.2 Å². The SMILES string of the molecule is COCCCNc1cc(Nc2ccc(OC)cc2OC)ncn1. The molecule has 7 nitrogen and oxygen atoms in total. The molecule has 0 spiro atoms. The fourth-order valence-electron chi connectivity index (χ4n) is 2.00. The molecule has 0 radical (unpaired) electrons. The summed E-state index contributed by atoms with van der Waals surface area (Å²) >= 11 is 0. The summed E-state index contributed by atoms with van der Waals surface area (Å²) in [4.78, 5) is 8.42. The molecule has 0 aliphatic heterocycles. The average molecular weight is 318 g/mol. The molecular weight excluding hydrogens is 296 g/mol. The molecular formula is C16H22N4O3. The molecule has 1 heterocycles. The standard InChI is InChI=1S/C16H22N4O3/c1-21-8-4-7-17-15-10-16(19-11-18-15)20-13-6-5-12(22-2)9-14(13)23-3/h5-6,9-11H,4,7-8H2,1-3H3,(H2,17,18,19,20). The highest BCUT2D eigenvalue weighted by atomic mass is 16.5. The van der Waals surface area contributed by atoms with Gasteiger partial charge in [0.15, 0.2) is 0 Å². The maximum atomic E-state index is 5.37. The molecule has 1 aromatic carbocycles.